The molecule has 0 aliphatic rings. The van der Waals surface area contributed by atoms with E-state index in [1.807, 2.05) is 24.3 Å². The molecule has 0 radical (unpaired) electrons. The molecule has 3 rings (SSSR count). The third-order valence-electron chi connectivity index (χ3n) is 2.78. The van der Waals surface area contributed by atoms with Crippen molar-refractivity contribution in [1.29, 1.82) is 0 Å². The highest BCUT2D eigenvalue weighted by molar-refractivity contribution is 9.10. The van der Waals surface area contributed by atoms with E-state index in [1.54, 1.807) is 18.6 Å². The fourth-order valence-electron chi connectivity index (χ4n) is 1.74. The molecule has 0 saturated carbocycles. The van der Waals surface area contributed by atoms with Gasteiger partial charge in [-0.1, -0.05) is 0 Å². The number of nitrogen functional groups attached to an aromatic ring is 1. The summed E-state index contributed by atoms with van der Waals surface area (Å²) in [5.74, 6) is 1.62. The van der Waals surface area contributed by atoms with Crippen LogP contribution < -0.4 is 16.4 Å². The Morgan fingerprint density at radius 3 is 2.45 bits per heavy atom. The van der Waals surface area contributed by atoms with Crippen molar-refractivity contribution < 1.29 is 0 Å². The number of nitrogens with one attached hydrogen (secondary N) is 2. The van der Waals surface area contributed by atoms with E-state index in [0.717, 1.165) is 10.2 Å². The number of nitrogens with two attached hydrogens (primary N) is 1. The van der Waals surface area contributed by atoms with Gasteiger partial charge < -0.3 is 16.4 Å². The minimum absolute atomic E-state index is 0.399. The van der Waals surface area contributed by atoms with E-state index in [2.05, 4.69) is 46.5 Å². The van der Waals surface area contributed by atoms with Crippen LogP contribution in [0.15, 0.2) is 53.7 Å². The van der Waals surface area contributed by atoms with E-state index in [0.29, 0.717) is 23.1 Å². The van der Waals surface area contributed by atoms with Crippen LogP contribution in [0, 0.1) is 0 Å². The first-order chi connectivity index (χ1) is 10.7. The summed E-state index contributed by atoms with van der Waals surface area (Å²) in [5, 5.41) is 6.16. The smallest absolute Gasteiger partial charge is 0.160 e. The van der Waals surface area contributed by atoms with Gasteiger partial charge in [-0.3, -0.25) is 4.98 Å². The summed E-state index contributed by atoms with van der Waals surface area (Å²) < 4.78 is 0.896. The van der Waals surface area contributed by atoms with E-state index < -0.39 is 0 Å². The predicted octanol–water partition coefficient (Wildman–Crippen LogP) is 3.10. The van der Waals surface area contributed by atoms with E-state index in [9.17, 15) is 0 Å². The molecule has 110 valence electrons. The monoisotopic (exact) mass is 357 g/mol. The number of hydrogen-bond acceptors (Lipinski definition) is 7. The predicted molar refractivity (Wildman–Crippen MR) is 89.2 cm³/mol. The minimum Gasteiger partial charge on any atom is -0.393 e. The number of pyridine rings is 2. The van der Waals surface area contributed by atoms with Gasteiger partial charge in [-0.05, 0) is 40.2 Å². The van der Waals surface area contributed by atoms with Crippen molar-refractivity contribution in [3.05, 3.63) is 53.7 Å². The zero-order chi connectivity index (χ0) is 15.4. The lowest BCUT2D eigenvalue weighted by molar-refractivity contribution is 1.16. The molecule has 3 aromatic heterocycles. The highest BCUT2D eigenvalue weighted by atomic mass is 79.9. The van der Waals surface area contributed by atoms with Gasteiger partial charge in [-0.15, -0.1) is 0 Å². The van der Waals surface area contributed by atoms with E-state index in [-0.39, 0.29) is 0 Å². The zero-order valence-corrected chi connectivity index (χ0v) is 12.9. The molecule has 0 unspecified atom stereocenters. The van der Waals surface area contributed by atoms with Crippen molar-refractivity contribution in [3.8, 4) is 0 Å². The molecule has 0 bridgehead atoms. The SMILES string of the molecule is Nc1c(Nc2cccnc2)ncnc1Nc1ccc(Br)cn1. The van der Waals surface area contributed by atoms with Gasteiger partial charge in [0.25, 0.3) is 0 Å². The van der Waals surface area contributed by atoms with Crippen LogP contribution in [0.1, 0.15) is 0 Å². The quantitative estimate of drug-likeness (QED) is 0.659. The lowest BCUT2D eigenvalue weighted by Crippen LogP contribution is -2.05. The fraction of sp³-hybridized carbons (Fsp3) is 0. The molecule has 0 fully saturated rings. The van der Waals surface area contributed by atoms with Crippen LogP contribution in [0.2, 0.25) is 0 Å². The van der Waals surface area contributed by atoms with Crippen molar-refractivity contribution in [1.82, 2.24) is 19.9 Å². The number of rotatable bonds is 4. The molecule has 7 nitrogen and oxygen atoms in total. The molecule has 4 N–H and O–H groups in total. The Morgan fingerprint density at radius 2 is 1.77 bits per heavy atom. The van der Waals surface area contributed by atoms with Gasteiger partial charge in [0.2, 0.25) is 0 Å². The molecule has 8 heteroatoms. The Hall–Kier alpha value is -2.74. The van der Waals surface area contributed by atoms with Crippen LogP contribution in [-0.4, -0.2) is 19.9 Å². The highest BCUT2D eigenvalue weighted by Gasteiger charge is 2.09. The molecular weight excluding hydrogens is 346 g/mol. The summed E-state index contributed by atoms with van der Waals surface area (Å²) in [6.07, 6.45) is 6.50. The number of nitrogens with zero attached hydrogens (tertiary/aromatic N) is 4. The van der Waals surface area contributed by atoms with Crippen molar-refractivity contribution in [2.45, 2.75) is 0 Å². The van der Waals surface area contributed by atoms with Gasteiger partial charge >= 0.3 is 0 Å². The second-order valence-corrected chi connectivity index (χ2v) is 5.25. The van der Waals surface area contributed by atoms with Crippen molar-refractivity contribution in [3.63, 3.8) is 0 Å². The molecule has 22 heavy (non-hydrogen) atoms. The molecule has 0 aliphatic heterocycles. The maximum absolute atomic E-state index is 6.10. The normalized spacial score (nSPS) is 10.2. The van der Waals surface area contributed by atoms with Crippen LogP contribution in [-0.2, 0) is 0 Å². The largest absolute Gasteiger partial charge is 0.393 e. The molecule has 3 heterocycles. The minimum atomic E-state index is 0.399. The maximum atomic E-state index is 6.10. The molecule has 0 aromatic carbocycles. The first kappa shape index (κ1) is 14.2. The highest BCUT2D eigenvalue weighted by Crippen LogP contribution is 2.27. The molecule has 0 saturated heterocycles. The van der Waals surface area contributed by atoms with E-state index in [4.69, 9.17) is 5.73 Å². The summed E-state index contributed by atoms with van der Waals surface area (Å²) >= 11 is 3.34. The summed E-state index contributed by atoms with van der Waals surface area (Å²) in [6, 6.07) is 7.39. The molecular formula is C14H12BrN7. The summed E-state index contributed by atoms with van der Waals surface area (Å²) in [6.45, 7) is 0. The third-order valence-corrected chi connectivity index (χ3v) is 3.25. The molecule has 0 spiro atoms. The average Bonchev–Trinajstić information content (AvgIpc) is 2.54. The second-order valence-electron chi connectivity index (χ2n) is 4.34. The average molecular weight is 358 g/mol. The lowest BCUT2D eigenvalue weighted by atomic mass is 10.3. The molecule has 3 aromatic rings. The molecule has 0 amide bonds. The summed E-state index contributed by atoms with van der Waals surface area (Å²) in [5.41, 5.74) is 7.29. The maximum Gasteiger partial charge on any atom is 0.160 e. The van der Waals surface area contributed by atoms with E-state index >= 15 is 0 Å². The van der Waals surface area contributed by atoms with Crippen LogP contribution in [0.5, 0.6) is 0 Å². The van der Waals surface area contributed by atoms with Gasteiger partial charge in [0.05, 0.1) is 11.9 Å². The van der Waals surface area contributed by atoms with Gasteiger partial charge in [0.15, 0.2) is 11.6 Å². The third kappa shape index (κ3) is 3.29. The van der Waals surface area contributed by atoms with Crippen molar-refractivity contribution >= 4 is 44.8 Å². The number of aromatic nitrogens is 4. The zero-order valence-electron chi connectivity index (χ0n) is 11.4. The standard InChI is InChI=1S/C14H12BrN7/c15-9-3-4-11(18-6-9)22-14-12(16)13(19-8-20-14)21-10-2-1-5-17-7-10/h1-8H,16H2,(H2,18,19,20,21,22). The van der Waals surface area contributed by atoms with Crippen molar-refractivity contribution in [2.75, 3.05) is 16.4 Å². The van der Waals surface area contributed by atoms with Crippen molar-refractivity contribution in [2.24, 2.45) is 0 Å². The van der Waals surface area contributed by atoms with Crippen LogP contribution >= 0.6 is 15.9 Å². The second kappa shape index (κ2) is 6.35. The number of halogens is 1. The Balaban J connectivity index is 1.84. The Labute approximate surface area is 135 Å². The Morgan fingerprint density at radius 1 is 0.955 bits per heavy atom. The van der Waals surface area contributed by atoms with Gasteiger partial charge in [-0.2, -0.15) is 0 Å². The van der Waals surface area contributed by atoms with Crippen LogP contribution in [0.4, 0.5) is 28.8 Å². The van der Waals surface area contributed by atoms with Gasteiger partial charge in [0.1, 0.15) is 17.8 Å². The lowest BCUT2D eigenvalue weighted by Gasteiger charge is -2.11. The van der Waals surface area contributed by atoms with Crippen LogP contribution in [0.25, 0.3) is 0 Å². The van der Waals surface area contributed by atoms with Crippen LogP contribution in [0.3, 0.4) is 0 Å². The molecule has 0 atom stereocenters. The summed E-state index contributed by atoms with van der Waals surface area (Å²) in [7, 11) is 0. The Kier molecular flexibility index (Phi) is 4.10. The molecule has 0 aliphatic carbocycles. The first-order valence-corrected chi connectivity index (χ1v) is 7.18. The summed E-state index contributed by atoms with van der Waals surface area (Å²) in [4.78, 5) is 16.5. The topological polar surface area (TPSA) is 102 Å². The van der Waals surface area contributed by atoms with Gasteiger partial charge in [0, 0.05) is 16.9 Å². The first-order valence-electron chi connectivity index (χ1n) is 6.38. The number of anilines is 5. The van der Waals surface area contributed by atoms with Gasteiger partial charge in [-0.25, -0.2) is 15.0 Å². The fourth-order valence-corrected chi connectivity index (χ4v) is 1.97. The number of hydrogen-bond donors (Lipinski definition) is 3. The van der Waals surface area contributed by atoms with E-state index in [1.165, 1.54) is 6.33 Å². The Bertz CT molecular complexity index is 762.